The molecule has 0 amide bonds. The van der Waals surface area contributed by atoms with Gasteiger partial charge in [0.25, 0.3) is 5.69 Å². The molecule has 0 aliphatic carbocycles. The molecule has 0 saturated carbocycles. The first-order chi connectivity index (χ1) is 9.75. The van der Waals surface area contributed by atoms with Crippen LogP contribution in [-0.2, 0) is 14.8 Å². The van der Waals surface area contributed by atoms with Crippen LogP contribution in [0.5, 0.6) is 0 Å². The number of hydrogen-bond acceptors (Lipinski definition) is 5. The molecule has 1 saturated heterocycles. The van der Waals surface area contributed by atoms with Gasteiger partial charge in [0.1, 0.15) is 6.04 Å². The van der Waals surface area contributed by atoms with Gasteiger partial charge in [-0.15, -0.1) is 0 Å². The molecule has 2 unspecified atom stereocenters. The number of non-ortho nitro benzene ring substituents is 1. The Morgan fingerprint density at radius 3 is 2.71 bits per heavy atom. The molecule has 1 N–H and O–H groups in total. The molecule has 21 heavy (non-hydrogen) atoms. The number of sulfonamides is 1. The lowest BCUT2D eigenvalue weighted by Gasteiger charge is -2.22. The first kappa shape index (κ1) is 15.4. The van der Waals surface area contributed by atoms with Crippen LogP contribution in [0, 0.1) is 16.0 Å². The highest BCUT2D eigenvalue weighted by molar-refractivity contribution is 7.89. The van der Waals surface area contributed by atoms with Gasteiger partial charge in [0.05, 0.1) is 9.82 Å². The van der Waals surface area contributed by atoms with Crippen LogP contribution in [-0.4, -0.2) is 41.3 Å². The van der Waals surface area contributed by atoms with Crippen LogP contribution in [0.4, 0.5) is 5.69 Å². The van der Waals surface area contributed by atoms with E-state index in [2.05, 4.69) is 0 Å². The molecule has 0 spiro atoms. The zero-order valence-electron chi connectivity index (χ0n) is 11.2. The fraction of sp³-hybridized carbons (Fsp3) is 0.417. The maximum Gasteiger partial charge on any atom is 0.322 e. The lowest BCUT2D eigenvalue weighted by molar-refractivity contribution is -0.385. The van der Waals surface area contributed by atoms with Gasteiger partial charge < -0.3 is 5.11 Å². The topological polar surface area (TPSA) is 118 Å². The predicted octanol–water partition coefficient (Wildman–Crippen LogP) is 1.08. The number of nitro benzene ring substituents is 1. The molecule has 1 heterocycles. The molecule has 2 atom stereocenters. The molecule has 1 aromatic carbocycles. The number of aliphatic carboxylic acids is 1. The number of benzene rings is 1. The van der Waals surface area contributed by atoms with Crippen molar-refractivity contribution in [2.24, 2.45) is 5.92 Å². The minimum absolute atomic E-state index is 0.0865. The van der Waals surface area contributed by atoms with Crippen molar-refractivity contribution in [3.05, 3.63) is 34.4 Å². The zero-order valence-corrected chi connectivity index (χ0v) is 12.0. The number of nitrogens with zero attached hydrogens (tertiary/aromatic N) is 2. The highest BCUT2D eigenvalue weighted by atomic mass is 32.2. The van der Waals surface area contributed by atoms with E-state index in [0.29, 0.717) is 6.42 Å². The van der Waals surface area contributed by atoms with Gasteiger partial charge in [0, 0.05) is 18.7 Å². The van der Waals surface area contributed by atoms with Crippen molar-refractivity contribution in [1.29, 1.82) is 0 Å². The van der Waals surface area contributed by atoms with Gasteiger partial charge in [-0.05, 0) is 18.4 Å². The number of hydrogen-bond donors (Lipinski definition) is 1. The Balaban J connectivity index is 2.45. The molecule has 0 radical (unpaired) electrons. The van der Waals surface area contributed by atoms with E-state index in [1.54, 1.807) is 6.92 Å². The Morgan fingerprint density at radius 2 is 2.14 bits per heavy atom. The number of carboxylic acid groups (broad SMARTS) is 1. The lowest BCUT2D eigenvalue weighted by Crippen LogP contribution is -2.42. The second-order valence-electron chi connectivity index (χ2n) is 4.92. The summed E-state index contributed by atoms with van der Waals surface area (Å²) in [6.07, 6.45) is 0.436. The van der Waals surface area contributed by atoms with Crippen molar-refractivity contribution in [2.75, 3.05) is 6.54 Å². The fourth-order valence-corrected chi connectivity index (χ4v) is 4.17. The van der Waals surface area contributed by atoms with Crippen molar-refractivity contribution < 1.29 is 23.2 Å². The minimum Gasteiger partial charge on any atom is -0.480 e. The number of carbonyl (C=O) groups is 1. The SMILES string of the molecule is CC1CCN(S(=O)(=O)c2cccc([N+](=O)[O-])c2)C1C(=O)O. The van der Waals surface area contributed by atoms with E-state index >= 15 is 0 Å². The first-order valence-electron chi connectivity index (χ1n) is 6.24. The molecule has 8 nitrogen and oxygen atoms in total. The Hall–Kier alpha value is -2.00. The van der Waals surface area contributed by atoms with E-state index in [1.165, 1.54) is 18.2 Å². The normalized spacial score (nSPS) is 23.1. The largest absolute Gasteiger partial charge is 0.480 e. The summed E-state index contributed by atoms with van der Waals surface area (Å²) >= 11 is 0. The van der Waals surface area contributed by atoms with Crippen molar-refractivity contribution in [3.63, 3.8) is 0 Å². The maximum atomic E-state index is 12.5. The van der Waals surface area contributed by atoms with E-state index in [1.807, 2.05) is 0 Å². The standard InChI is InChI=1S/C12H14N2O6S/c1-8-5-6-13(11(8)12(15)16)21(19,20)10-4-2-3-9(7-10)14(17)18/h2-4,7-8,11H,5-6H2,1H3,(H,15,16). The van der Waals surface area contributed by atoms with Gasteiger partial charge in [0.2, 0.25) is 10.0 Å². The van der Waals surface area contributed by atoms with Gasteiger partial charge in [-0.25, -0.2) is 8.42 Å². The molecule has 1 fully saturated rings. The van der Waals surface area contributed by atoms with Gasteiger partial charge in [-0.2, -0.15) is 4.31 Å². The molecule has 1 aliphatic heterocycles. The third kappa shape index (κ3) is 2.74. The van der Waals surface area contributed by atoms with Crippen molar-refractivity contribution in [2.45, 2.75) is 24.3 Å². The van der Waals surface area contributed by atoms with E-state index in [4.69, 9.17) is 0 Å². The summed E-state index contributed by atoms with van der Waals surface area (Å²) in [6.45, 7) is 1.75. The van der Waals surface area contributed by atoms with Crippen molar-refractivity contribution in [3.8, 4) is 0 Å². The van der Waals surface area contributed by atoms with E-state index < -0.39 is 27.0 Å². The lowest BCUT2D eigenvalue weighted by atomic mass is 10.0. The van der Waals surface area contributed by atoms with Crippen molar-refractivity contribution >= 4 is 21.7 Å². The van der Waals surface area contributed by atoms with Crippen LogP contribution in [0.25, 0.3) is 0 Å². The zero-order chi connectivity index (χ0) is 15.8. The van der Waals surface area contributed by atoms with E-state index in [0.717, 1.165) is 10.4 Å². The van der Waals surface area contributed by atoms with Crippen LogP contribution in [0.2, 0.25) is 0 Å². The molecule has 0 bridgehead atoms. The number of nitro groups is 1. The van der Waals surface area contributed by atoms with E-state index in [9.17, 15) is 28.4 Å². The van der Waals surface area contributed by atoms with E-state index in [-0.39, 0.29) is 23.0 Å². The second kappa shape index (κ2) is 5.41. The Morgan fingerprint density at radius 1 is 1.48 bits per heavy atom. The Kier molecular flexibility index (Phi) is 3.97. The third-order valence-electron chi connectivity index (χ3n) is 3.54. The summed E-state index contributed by atoms with van der Waals surface area (Å²) < 4.78 is 25.9. The fourth-order valence-electron chi connectivity index (χ4n) is 2.44. The maximum absolute atomic E-state index is 12.5. The predicted molar refractivity (Wildman–Crippen MR) is 72.2 cm³/mol. The van der Waals surface area contributed by atoms with Crippen LogP contribution in [0.15, 0.2) is 29.2 Å². The third-order valence-corrected chi connectivity index (χ3v) is 5.42. The molecule has 114 valence electrons. The number of rotatable bonds is 4. The highest BCUT2D eigenvalue weighted by Gasteiger charge is 2.44. The Bertz CT molecular complexity index is 687. The molecular weight excluding hydrogens is 300 g/mol. The Labute approximate surface area is 121 Å². The summed E-state index contributed by atoms with van der Waals surface area (Å²) in [6, 6.07) is 3.47. The van der Waals surface area contributed by atoms with Gasteiger partial charge in [-0.1, -0.05) is 13.0 Å². The van der Waals surface area contributed by atoms with Crippen LogP contribution >= 0.6 is 0 Å². The molecule has 1 aliphatic rings. The molecular formula is C12H14N2O6S. The summed E-state index contributed by atoms with van der Waals surface area (Å²) in [7, 11) is -4.07. The summed E-state index contributed by atoms with van der Waals surface area (Å²) in [4.78, 5) is 21.0. The smallest absolute Gasteiger partial charge is 0.322 e. The average Bonchev–Trinajstić information content (AvgIpc) is 2.81. The molecule has 2 rings (SSSR count). The quantitative estimate of drug-likeness (QED) is 0.656. The minimum atomic E-state index is -4.07. The number of carboxylic acids is 1. The molecule has 1 aromatic rings. The average molecular weight is 314 g/mol. The van der Waals surface area contributed by atoms with Gasteiger partial charge in [-0.3, -0.25) is 14.9 Å². The first-order valence-corrected chi connectivity index (χ1v) is 7.68. The molecule has 0 aromatic heterocycles. The van der Waals surface area contributed by atoms with Gasteiger partial charge >= 0.3 is 5.97 Å². The highest BCUT2D eigenvalue weighted by Crippen LogP contribution is 2.31. The molecule has 9 heteroatoms. The summed E-state index contributed by atoms with van der Waals surface area (Å²) in [5.41, 5.74) is -0.352. The van der Waals surface area contributed by atoms with Crippen molar-refractivity contribution in [1.82, 2.24) is 4.31 Å². The second-order valence-corrected chi connectivity index (χ2v) is 6.81. The van der Waals surface area contributed by atoms with Crippen LogP contribution < -0.4 is 0 Å². The van der Waals surface area contributed by atoms with Gasteiger partial charge in [0.15, 0.2) is 0 Å². The van der Waals surface area contributed by atoms with Crippen LogP contribution in [0.3, 0.4) is 0 Å². The monoisotopic (exact) mass is 314 g/mol. The van der Waals surface area contributed by atoms with Crippen LogP contribution in [0.1, 0.15) is 13.3 Å². The summed E-state index contributed by atoms with van der Waals surface area (Å²) in [5.74, 6) is -1.52. The summed E-state index contributed by atoms with van der Waals surface area (Å²) in [5, 5.41) is 19.9.